The molecule has 1 aromatic carbocycles. The van der Waals surface area contributed by atoms with Crippen molar-refractivity contribution >= 4 is 11.4 Å². The number of rotatable bonds is 5. The highest BCUT2D eigenvalue weighted by Crippen LogP contribution is 2.36. The third kappa shape index (κ3) is 2.53. The van der Waals surface area contributed by atoms with Crippen LogP contribution < -0.4 is 15.4 Å². The number of anilines is 2. The summed E-state index contributed by atoms with van der Waals surface area (Å²) >= 11 is 0. The first kappa shape index (κ1) is 13.0. The minimum Gasteiger partial charge on any atom is -0.495 e. The van der Waals surface area contributed by atoms with Gasteiger partial charge in [0.25, 0.3) is 0 Å². The van der Waals surface area contributed by atoms with E-state index in [2.05, 4.69) is 4.90 Å². The van der Waals surface area contributed by atoms with Crippen molar-refractivity contribution in [2.24, 2.45) is 0 Å². The molecule has 0 radical (unpaired) electrons. The summed E-state index contributed by atoms with van der Waals surface area (Å²) in [6.45, 7) is 0.773. The first-order chi connectivity index (χ1) is 8.77. The Morgan fingerprint density at radius 2 is 2.11 bits per heavy atom. The molecule has 1 saturated carbocycles. The molecule has 4 heteroatoms. The van der Waals surface area contributed by atoms with E-state index in [0.717, 1.165) is 5.69 Å². The van der Waals surface area contributed by atoms with Crippen LogP contribution in [-0.2, 0) is 0 Å². The second-order valence-electron chi connectivity index (χ2n) is 4.75. The van der Waals surface area contributed by atoms with Crippen molar-refractivity contribution in [2.45, 2.75) is 31.7 Å². The van der Waals surface area contributed by atoms with Crippen LogP contribution in [0.5, 0.6) is 5.75 Å². The standard InChI is InChI=1S/C14H22N2O2/c1-18-13-8-4-7-12(14(13)15)16(9-10-17)11-5-2-3-6-11/h4,7-8,11,17H,2-3,5-6,9-10,15H2,1H3. The number of nitrogen functional groups attached to an aromatic ring is 1. The first-order valence-electron chi connectivity index (χ1n) is 6.58. The largest absolute Gasteiger partial charge is 0.495 e. The van der Waals surface area contributed by atoms with Crippen LogP contribution >= 0.6 is 0 Å². The van der Waals surface area contributed by atoms with E-state index >= 15 is 0 Å². The molecule has 1 aliphatic rings. The molecule has 0 unspecified atom stereocenters. The van der Waals surface area contributed by atoms with E-state index in [1.165, 1.54) is 25.7 Å². The zero-order valence-corrected chi connectivity index (χ0v) is 10.9. The summed E-state index contributed by atoms with van der Waals surface area (Å²) < 4.78 is 5.26. The maximum Gasteiger partial charge on any atom is 0.143 e. The molecule has 0 amide bonds. The van der Waals surface area contributed by atoms with Crippen LogP contribution in [0.25, 0.3) is 0 Å². The lowest BCUT2D eigenvalue weighted by molar-refractivity contribution is 0.297. The number of hydrogen-bond donors (Lipinski definition) is 2. The van der Waals surface area contributed by atoms with Gasteiger partial charge in [-0.1, -0.05) is 18.9 Å². The Labute approximate surface area is 108 Å². The molecule has 0 spiro atoms. The van der Waals surface area contributed by atoms with Crippen LogP contribution in [0, 0.1) is 0 Å². The molecule has 0 heterocycles. The highest BCUT2D eigenvalue weighted by Gasteiger charge is 2.24. The molecule has 4 nitrogen and oxygen atoms in total. The molecular formula is C14H22N2O2. The lowest BCUT2D eigenvalue weighted by Crippen LogP contribution is -2.36. The van der Waals surface area contributed by atoms with Crippen LogP contribution in [0.3, 0.4) is 0 Å². The van der Waals surface area contributed by atoms with E-state index in [0.29, 0.717) is 24.0 Å². The van der Waals surface area contributed by atoms with Crippen LogP contribution in [0.15, 0.2) is 18.2 Å². The molecular weight excluding hydrogens is 228 g/mol. The predicted octanol–water partition coefficient (Wildman–Crippen LogP) is 2.02. The number of ether oxygens (including phenoxy) is 1. The number of hydrogen-bond acceptors (Lipinski definition) is 4. The lowest BCUT2D eigenvalue weighted by atomic mass is 10.1. The Hall–Kier alpha value is -1.42. The van der Waals surface area contributed by atoms with E-state index < -0.39 is 0 Å². The van der Waals surface area contributed by atoms with Crippen molar-refractivity contribution in [2.75, 3.05) is 30.9 Å². The number of aliphatic hydroxyl groups is 1. The maximum atomic E-state index is 9.26. The summed E-state index contributed by atoms with van der Waals surface area (Å²) in [5, 5.41) is 9.26. The van der Waals surface area contributed by atoms with Gasteiger partial charge >= 0.3 is 0 Å². The monoisotopic (exact) mass is 250 g/mol. The topological polar surface area (TPSA) is 58.7 Å². The lowest BCUT2D eigenvalue weighted by Gasteiger charge is -2.32. The quantitative estimate of drug-likeness (QED) is 0.785. The smallest absolute Gasteiger partial charge is 0.143 e. The van der Waals surface area contributed by atoms with Crippen molar-refractivity contribution in [1.29, 1.82) is 0 Å². The minimum atomic E-state index is 0.146. The zero-order valence-electron chi connectivity index (χ0n) is 10.9. The molecule has 2 rings (SSSR count). The van der Waals surface area contributed by atoms with Crippen molar-refractivity contribution in [1.82, 2.24) is 0 Å². The van der Waals surface area contributed by atoms with E-state index in [1.807, 2.05) is 18.2 Å². The highest BCUT2D eigenvalue weighted by atomic mass is 16.5. The van der Waals surface area contributed by atoms with Crippen LogP contribution in [0.4, 0.5) is 11.4 Å². The molecule has 1 aliphatic carbocycles. The Morgan fingerprint density at radius 1 is 1.39 bits per heavy atom. The number of methoxy groups -OCH3 is 1. The van der Waals surface area contributed by atoms with Crippen LogP contribution in [0.2, 0.25) is 0 Å². The maximum absolute atomic E-state index is 9.26. The summed E-state index contributed by atoms with van der Waals surface area (Å²) in [6.07, 6.45) is 4.88. The van der Waals surface area contributed by atoms with Gasteiger partial charge in [-0.25, -0.2) is 0 Å². The average molecular weight is 250 g/mol. The van der Waals surface area contributed by atoms with E-state index in [1.54, 1.807) is 7.11 Å². The van der Waals surface area contributed by atoms with Crippen molar-refractivity contribution < 1.29 is 9.84 Å². The normalized spacial score (nSPS) is 15.9. The average Bonchev–Trinajstić information content (AvgIpc) is 2.90. The minimum absolute atomic E-state index is 0.146. The number of benzene rings is 1. The predicted molar refractivity (Wildman–Crippen MR) is 74.1 cm³/mol. The summed E-state index contributed by atoms with van der Waals surface area (Å²) in [5.41, 5.74) is 7.79. The second kappa shape index (κ2) is 5.96. The van der Waals surface area contributed by atoms with Gasteiger partial charge in [-0.05, 0) is 25.0 Å². The molecule has 100 valence electrons. The summed E-state index contributed by atoms with van der Waals surface area (Å²) in [5.74, 6) is 0.702. The molecule has 1 aromatic rings. The van der Waals surface area contributed by atoms with Crippen molar-refractivity contribution in [3.8, 4) is 5.75 Å². The third-order valence-corrected chi connectivity index (χ3v) is 3.68. The van der Waals surface area contributed by atoms with Gasteiger partial charge in [0.15, 0.2) is 0 Å². The molecule has 0 atom stereocenters. The van der Waals surface area contributed by atoms with E-state index in [9.17, 15) is 5.11 Å². The SMILES string of the molecule is COc1cccc(N(CCO)C2CCCC2)c1N. The Balaban J connectivity index is 2.29. The van der Waals surface area contributed by atoms with E-state index in [-0.39, 0.29) is 6.61 Å². The van der Waals surface area contributed by atoms with Gasteiger partial charge in [-0.3, -0.25) is 0 Å². The number of nitrogens with zero attached hydrogens (tertiary/aromatic N) is 1. The third-order valence-electron chi connectivity index (χ3n) is 3.68. The summed E-state index contributed by atoms with van der Waals surface area (Å²) in [7, 11) is 1.63. The van der Waals surface area contributed by atoms with Crippen LogP contribution in [-0.4, -0.2) is 31.4 Å². The number of aliphatic hydroxyl groups excluding tert-OH is 1. The Kier molecular flexibility index (Phi) is 4.31. The van der Waals surface area contributed by atoms with Gasteiger partial charge in [0.05, 0.1) is 25.1 Å². The van der Waals surface area contributed by atoms with E-state index in [4.69, 9.17) is 10.5 Å². The van der Waals surface area contributed by atoms with Crippen molar-refractivity contribution in [3.05, 3.63) is 18.2 Å². The molecule has 18 heavy (non-hydrogen) atoms. The Morgan fingerprint density at radius 3 is 2.72 bits per heavy atom. The summed E-state index contributed by atoms with van der Waals surface area (Å²) in [4.78, 5) is 2.23. The highest BCUT2D eigenvalue weighted by molar-refractivity contribution is 5.74. The Bertz CT molecular complexity index is 389. The van der Waals surface area contributed by atoms with Gasteiger partial charge in [0, 0.05) is 12.6 Å². The van der Waals surface area contributed by atoms with Crippen LogP contribution in [0.1, 0.15) is 25.7 Å². The molecule has 0 saturated heterocycles. The van der Waals surface area contributed by atoms with Gasteiger partial charge in [0.1, 0.15) is 5.75 Å². The fraction of sp³-hybridized carbons (Fsp3) is 0.571. The fourth-order valence-corrected chi connectivity index (χ4v) is 2.78. The first-order valence-corrected chi connectivity index (χ1v) is 6.58. The van der Waals surface area contributed by atoms with Gasteiger partial charge in [0.2, 0.25) is 0 Å². The number of para-hydroxylation sites is 1. The molecule has 0 aliphatic heterocycles. The summed E-state index contributed by atoms with van der Waals surface area (Å²) in [6, 6.07) is 6.31. The second-order valence-corrected chi connectivity index (χ2v) is 4.75. The number of nitrogens with two attached hydrogens (primary N) is 1. The molecule has 0 bridgehead atoms. The van der Waals surface area contributed by atoms with Gasteiger partial charge < -0.3 is 20.5 Å². The van der Waals surface area contributed by atoms with Crippen molar-refractivity contribution in [3.63, 3.8) is 0 Å². The molecule has 3 N–H and O–H groups in total. The van der Waals surface area contributed by atoms with Gasteiger partial charge in [-0.2, -0.15) is 0 Å². The molecule has 0 aromatic heterocycles. The van der Waals surface area contributed by atoms with Gasteiger partial charge in [-0.15, -0.1) is 0 Å². The zero-order chi connectivity index (χ0) is 13.0. The fourth-order valence-electron chi connectivity index (χ4n) is 2.78. The molecule has 1 fully saturated rings.